The second kappa shape index (κ2) is 8.70. The van der Waals surface area contributed by atoms with E-state index in [9.17, 15) is 9.18 Å². The second-order valence-corrected chi connectivity index (χ2v) is 8.03. The fourth-order valence-electron chi connectivity index (χ4n) is 4.03. The molecule has 0 saturated carbocycles. The highest BCUT2D eigenvalue weighted by Gasteiger charge is 2.25. The van der Waals surface area contributed by atoms with Crippen LogP contribution in [0.5, 0.6) is 5.75 Å². The Morgan fingerprint density at radius 3 is 2.76 bits per heavy atom. The number of benzene rings is 1. The lowest BCUT2D eigenvalue weighted by Crippen LogP contribution is -2.50. The zero-order chi connectivity index (χ0) is 22.9. The molecule has 3 aromatic heterocycles. The number of imidazole rings is 1. The van der Waals surface area contributed by atoms with Gasteiger partial charge in [-0.15, -0.1) is 0 Å². The first-order valence-electron chi connectivity index (χ1n) is 10.4. The van der Waals surface area contributed by atoms with Crippen molar-refractivity contribution in [2.24, 2.45) is 0 Å². The van der Waals surface area contributed by atoms with Crippen molar-refractivity contribution in [3.63, 3.8) is 0 Å². The summed E-state index contributed by atoms with van der Waals surface area (Å²) >= 11 is 6.00. The minimum Gasteiger partial charge on any atom is -0.495 e. The van der Waals surface area contributed by atoms with Gasteiger partial charge in [0.15, 0.2) is 11.5 Å². The van der Waals surface area contributed by atoms with Gasteiger partial charge in [0.2, 0.25) is 5.91 Å². The van der Waals surface area contributed by atoms with Gasteiger partial charge in [0.1, 0.15) is 23.8 Å². The van der Waals surface area contributed by atoms with E-state index in [0.717, 1.165) is 5.39 Å². The van der Waals surface area contributed by atoms with Gasteiger partial charge < -0.3 is 19.5 Å². The van der Waals surface area contributed by atoms with Gasteiger partial charge in [0, 0.05) is 50.8 Å². The number of amides is 1. The van der Waals surface area contributed by atoms with E-state index in [2.05, 4.69) is 20.1 Å². The van der Waals surface area contributed by atoms with Crippen molar-refractivity contribution in [3.05, 3.63) is 53.7 Å². The van der Waals surface area contributed by atoms with Crippen LogP contribution in [0.1, 0.15) is 0 Å². The number of aromatic nitrogens is 5. The van der Waals surface area contributed by atoms with Crippen LogP contribution >= 0.6 is 11.6 Å². The molecule has 1 saturated heterocycles. The van der Waals surface area contributed by atoms with Crippen molar-refractivity contribution in [3.8, 4) is 17.3 Å². The maximum Gasteiger partial charge on any atom is 0.244 e. The molecule has 4 aromatic rings. The highest BCUT2D eigenvalue weighted by atomic mass is 35.5. The molecular formula is C22H21ClFN7O2. The third kappa shape index (κ3) is 3.97. The molecular weight excluding hydrogens is 449 g/mol. The van der Waals surface area contributed by atoms with Crippen LogP contribution in [0, 0.1) is 5.82 Å². The number of carbonyl (C=O) groups excluding carboxylic acids is 1. The van der Waals surface area contributed by atoms with E-state index in [-0.39, 0.29) is 17.5 Å². The van der Waals surface area contributed by atoms with Gasteiger partial charge >= 0.3 is 0 Å². The fraction of sp³-hybridized carbons (Fsp3) is 0.273. The summed E-state index contributed by atoms with van der Waals surface area (Å²) in [5.41, 5.74) is 1.67. The van der Waals surface area contributed by atoms with Gasteiger partial charge in [-0.3, -0.25) is 4.79 Å². The Morgan fingerprint density at radius 1 is 1.21 bits per heavy atom. The number of piperazine rings is 1. The van der Waals surface area contributed by atoms with Gasteiger partial charge in [-0.1, -0.05) is 11.6 Å². The van der Waals surface area contributed by atoms with Crippen molar-refractivity contribution < 1.29 is 13.9 Å². The molecule has 5 rings (SSSR count). The van der Waals surface area contributed by atoms with Crippen LogP contribution in [-0.4, -0.2) is 68.8 Å². The van der Waals surface area contributed by atoms with E-state index < -0.39 is 5.82 Å². The molecule has 1 aliphatic rings. The predicted octanol–water partition coefficient (Wildman–Crippen LogP) is 2.97. The summed E-state index contributed by atoms with van der Waals surface area (Å²) in [4.78, 5) is 28.4. The minimum atomic E-state index is -0.417. The third-order valence-electron chi connectivity index (χ3n) is 5.71. The molecule has 33 heavy (non-hydrogen) atoms. The number of pyridine rings is 1. The maximum absolute atomic E-state index is 14.5. The van der Waals surface area contributed by atoms with Gasteiger partial charge in [0.05, 0.1) is 23.2 Å². The SMILES string of the molecule is COc1cc(N2CCN(C(=O)Cn3nc(-c4ncc[nH]4)c4cccnc43)CC2)c(F)cc1Cl. The summed E-state index contributed by atoms with van der Waals surface area (Å²) in [6.45, 7) is 1.95. The van der Waals surface area contributed by atoms with Crippen molar-refractivity contribution in [2.75, 3.05) is 38.2 Å². The molecule has 170 valence electrons. The van der Waals surface area contributed by atoms with E-state index in [1.165, 1.54) is 13.2 Å². The van der Waals surface area contributed by atoms with E-state index in [0.29, 0.717) is 54.8 Å². The molecule has 0 aliphatic carbocycles. The number of nitrogens with zero attached hydrogens (tertiary/aromatic N) is 6. The van der Waals surface area contributed by atoms with Crippen LogP contribution in [-0.2, 0) is 11.3 Å². The summed E-state index contributed by atoms with van der Waals surface area (Å²) in [5.74, 6) is 0.537. The first-order valence-corrected chi connectivity index (χ1v) is 10.8. The molecule has 0 bridgehead atoms. The summed E-state index contributed by atoms with van der Waals surface area (Å²) in [5, 5.41) is 5.64. The molecule has 0 spiro atoms. The summed E-state index contributed by atoms with van der Waals surface area (Å²) < 4.78 is 21.3. The lowest BCUT2D eigenvalue weighted by Gasteiger charge is -2.36. The molecule has 1 fully saturated rings. The standard InChI is InChI=1S/C22H21ClFN7O2/c1-33-18-12-17(16(24)11-15(18)23)29-7-9-30(10-8-29)19(32)13-31-22-14(3-2-4-27-22)20(28-31)21-25-5-6-26-21/h2-6,11-12H,7-10,13H2,1H3,(H,25,26). The molecule has 1 aromatic carbocycles. The van der Waals surface area contributed by atoms with E-state index >= 15 is 0 Å². The Labute approximate surface area is 193 Å². The first-order chi connectivity index (χ1) is 16.0. The molecule has 1 N–H and O–H groups in total. The molecule has 4 heterocycles. The van der Waals surface area contributed by atoms with Gasteiger partial charge in [-0.25, -0.2) is 19.0 Å². The van der Waals surface area contributed by atoms with Crippen LogP contribution < -0.4 is 9.64 Å². The van der Waals surface area contributed by atoms with Gasteiger partial charge in [-0.05, 0) is 18.2 Å². The Morgan fingerprint density at radius 2 is 2.03 bits per heavy atom. The lowest BCUT2D eigenvalue weighted by molar-refractivity contribution is -0.132. The number of hydrogen-bond acceptors (Lipinski definition) is 6. The quantitative estimate of drug-likeness (QED) is 0.483. The predicted molar refractivity (Wildman–Crippen MR) is 122 cm³/mol. The van der Waals surface area contributed by atoms with Crippen molar-refractivity contribution in [1.29, 1.82) is 0 Å². The monoisotopic (exact) mass is 469 g/mol. The Bertz CT molecular complexity index is 1300. The largest absolute Gasteiger partial charge is 0.495 e. The molecule has 0 unspecified atom stereocenters. The van der Waals surface area contributed by atoms with Crippen molar-refractivity contribution >= 4 is 34.2 Å². The number of methoxy groups -OCH3 is 1. The molecule has 11 heteroatoms. The topological polar surface area (TPSA) is 92.2 Å². The normalized spacial score (nSPS) is 14.2. The fourth-order valence-corrected chi connectivity index (χ4v) is 4.26. The molecule has 9 nitrogen and oxygen atoms in total. The number of H-pyrrole nitrogens is 1. The zero-order valence-corrected chi connectivity index (χ0v) is 18.6. The minimum absolute atomic E-state index is 0.0529. The summed E-state index contributed by atoms with van der Waals surface area (Å²) in [6.07, 6.45) is 5.05. The van der Waals surface area contributed by atoms with Gasteiger partial charge in [-0.2, -0.15) is 5.10 Å². The summed E-state index contributed by atoms with van der Waals surface area (Å²) in [7, 11) is 1.49. The molecule has 0 atom stereocenters. The number of hydrogen-bond donors (Lipinski definition) is 1. The van der Waals surface area contributed by atoms with Crippen LogP contribution in [0.2, 0.25) is 5.02 Å². The van der Waals surface area contributed by atoms with Crippen molar-refractivity contribution in [1.82, 2.24) is 29.6 Å². The number of aromatic amines is 1. The van der Waals surface area contributed by atoms with Crippen LogP contribution in [0.15, 0.2) is 42.9 Å². The highest BCUT2D eigenvalue weighted by Crippen LogP contribution is 2.32. The Balaban J connectivity index is 1.31. The van der Waals surface area contributed by atoms with E-state index in [4.69, 9.17) is 16.3 Å². The highest BCUT2D eigenvalue weighted by molar-refractivity contribution is 6.32. The van der Waals surface area contributed by atoms with E-state index in [1.54, 1.807) is 34.2 Å². The lowest BCUT2D eigenvalue weighted by atomic mass is 10.2. The number of nitrogens with one attached hydrogen (secondary N) is 1. The number of carbonyl (C=O) groups is 1. The average Bonchev–Trinajstić information content (AvgIpc) is 3.48. The number of fused-ring (bicyclic) bond motifs is 1. The average molecular weight is 470 g/mol. The van der Waals surface area contributed by atoms with Crippen LogP contribution in [0.3, 0.4) is 0 Å². The van der Waals surface area contributed by atoms with Crippen LogP contribution in [0.4, 0.5) is 10.1 Å². The third-order valence-corrected chi connectivity index (χ3v) is 6.00. The first kappa shape index (κ1) is 21.2. The van der Waals surface area contributed by atoms with E-state index in [1.807, 2.05) is 17.0 Å². The number of rotatable bonds is 5. The molecule has 1 aliphatic heterocycles. The summed E-state index contributed by atoms with van der Waals surface area (Å²) in [6, 6.07) is 6.57. The maximum atomic E-state index is 14.5. The number of ether oxygens (including phenoxy) is 1. The molecule has 1 amide bonds. The smallest absolute Gasteiger partial charge is 0.244 e. The Hall–Kier alpha value is -3.66. The number of halogens is 2. The Kier molecular flexibility index (Phi) is 5.59. The van der Waals surface area contributed by atoms with Crippen molar-refractivity contribution in [2.45, 2.75) is 6.54 Å². The molecule has 0 radical (unpaired) electrons. The zero-order valence-electron chi connectivity index (χ0n) is 17.8. The second-order valence-electron chi connectivity index (χ2n) is 7.62. The van der Waals surface area contributed by atoms with Crippen LogP contribution in [0.25, 0.3) is 22.6 Å². The van der Waals surface area contributed by atoms with Gasteiger partial charge in [0.25, 0.3) is 0 Å². The number of anilines is 1.